The first kappa shape index (κ1) is 16.5. The first-order chi connectivity index (χ1) is 11.5. The quantitative estimate of drug-likeness (QED) is 0.724. The Morgan fingerprint density at radius 3 is 2.83 bits per heavy atom. The van der Waals surface area contributed by atoms with Gasteiger partial charge in [0.05, 0.1) is 11.8 Å². The Labute approximate surface area is 145 Å². The van der Waals surface area contributed by atoms with Crippen LogP contribution in [0.4, 0.5) is 0 Å². The van der Waals surface area contributed by atoms with Gasteiger partial charge in [-0.15, -0.1) is 10.2 Å². The Kier molecular flexibility index (Phi) is 4.85. The Hall–Kier alpha value is -2.34. The summed E-state index contributed by atoms with van der Waals surface area (Å²) in [4.78, 5) is 12.2. The van der Waals surface area contributed by atoms with Gasteiger partial charge < -0.3 is 5.32 Å². The summed E-state index contributed by atoms with van der Waals surface area (Å²) in [7, 11) is 0. The van der Waals surface area contributed by atoms with Gasteiger partial charge in [0.25, 0.3) is 0 Å². The van der Waals surface area contributed by atoms with Crippen LogP contribution < -0.4 is 5.32 Å². The number of carbonyl (C=O) groups is 1. The highest BCUT2D eigenvalue weighted by Crippen LogP contribution is 2.19. The molecule has 3 rings (SSSR count). The van der Waals surface area contributed by atoms with Crippen LogP contribution in [0.2, 0.25) is 0 Å². The van der Waals surface area contributed by atoms with E-state index < -0.39 is 0 Å². The molecule has 0 bridgehead atoms. The summed E-state index contributed by atoms with van der Waals surface area (Å²) in [5, 5.41) is 12.0. The van der Waals surface area contributed by atoms with Gasteiger partial charge in [0.1, 0.15) is 0 Å². The number of hydrogen-bond donors (Lipinski definition) is 1. The maximum absolute atomic E-state index is 12.2. The zero-order chi connectivity index (χ0) is 17.1. The molecule has 1 atom stereocenters. The lowest BCUT2D eigenvalue weighted by Crippen LogP contribution is -2.28. The Bertz CT molecular complexity index is 874. The number of rotatable bonds is 5. The fraction of sp³-hybridized carbons (Fsp3) is 0.278. The van der Waals surface area contributed by atoms with Crippen molar-refractivity contribution in [2.45, 2.75) is 32.0 Å². The van der Waals surface area contributed by atoms with Crippen LogP contribution in [0.3, 0.4) is 0 Å². The molecule has 0 aliphatic carbocycles. The SMILES string of the molecule is Cc1ccc([C@H](C)NC(=O)CSc2nnc3ccccn23)cc1C. The first-order valence-electron chi connectivity index (χ1n) is 7.83. The number of amides is 1. The molecular weight excluding hydrogens is 320 g/mol. The standard InChI is InChI=1S/C18H20N4OS/c1-12-7-8-15(10-13(12)2)14(3)19-17(23)11-24-18-21-20-16-6-4-5-9-22(16)18/h4-10,14H,11H2,1-3H3,(H,19,23)/t14-/m0/s1. The highest BCUT2D eigenvalue weighted by atomic mass is 32.2. The summed E-state index contributed by atoms with van der Waals surface area (Å²) in [6.45, 7) is 6.17. The van der Waals surface area contributed by atoms with Crippen LogP contribution in [0.15, 0.2) is 47.8 Å². The molecule has 5 nitrogen and oxygen atoms in total. The van der Waals surface area contributed by atoms with Crippen LogP contribution in [-0.2, 0) is 4.79 Å². The molecule has 0 saturated heterocycles. The molecule has 0 aliphatic heterocycles. The predicted octanol–water partition coefficient (Wildman–Crippen LogP) is 3.32. The number of aryl methyl sites for hydroxylation is 2. The molecule has 2 aromatic heterocycles. The van der Waals surface area contributed by atoms with Crippen LogP contribution in [-0.4, -0.2) is 26.3 Å². The summed E-state index contributed by atoms with van der Waals surface area (Å²) in [6.07, 6.45) is 1.90. The van der Waals surface area contributed by atoms with Gasteiger partial charge >= 0.3 is 0 Å². The highest BCUT2D eigenvalue weighted by Gasteiger charge is 2.12. The van der Waals surface area contributed by atoms with E-state index in [2.05, 4.69) is 47.6 Å². The maximum Gasteiger partial charge on any atom is 0.230 e. The number of nitrogens with one attached hydrogen (secondary N) is 1. The number of nitrogens with zero attached hydrogens (tertiary/aromatic N) is 3. The van der Waals surface area contributed by atoms with Crippen molar-refractivity contribution in [3.05, 3.63) is 59.3 Å². The van der Waals surface area contributed by atoms with Gasteiger partial charge in [-0.25, -0.2) is 0 Å². The van der Waals surface area contributed by atoms with E-state index in [0.717, 1.165) is 16.4 Å². The molecule has 0 radical (unpaired) electrons. The zero-order valence-corrected chi connectivity index (χ0v) is 14.8. The van der Waals surface area contributed by atoms with E-state index in [0.29, 0.717) is 5.75 Å². The van der Waals surface area contributed by atoms with Gasteiger partial charge in [-0.05, 0) is 49.6 Å². The smallest absolute Gasteiger partial charge is 0.230 e. The van der Waals surface area contributed by atoms with Crippen LogP contribution in [0.25, 0.3) is 5.65 Å². The Morgan fingerprint density at radius 2 is 2.04 bits per heavy atom. The van der Waals surface area contributed by atoms with Crippen LogP contribution in [0, 0.1) is 13.8 Å². The van der Waals surface area contributed by atoms with E-state index in [1.807, 2.05) is 35.7 Å². The van der Waals surface area contributed by atoms with Gasteiger partial charge in [0.15, 0.2) is 10.8 Å². The zero-order valence-electron chi connectivity index (χ0n) is 14.0. The van der Waals surface area contributed by atoms with Crippen LogP contribution >= 0.6 is 11.8 Å². The summed E-state index contributed by atoms with van der Waals surface area (Å²) >= 11 is 1.38. The summed E-state index contributed by atoms with van der Waals surface area (Å²) in [6, 6.07) is 12.0. The molecule has 24 heavy (non-hydrogen) atoms. The molecule has 1 amide bonds. The monoisotopic (exact) mass is 340 g/mol. The molecule has 0 aliphatic rings. The average Bonchev–Trinajstić information content (AvgIpc) is 2.98. The second-order valence-corrected chi connectivity index (χ2v) is 6.78. The van der Waals surface area contributed by atoms with Crippen LogP contribution in [0.5, 0.6) is 0 Å². The van der Waals surface area contributed by atoms with Crippen molar-refractivity contribution in [3.63, 3.8) is 0 Å². The number of thioether (sulfide) groups is 1. The molecule has 0 spiro atoms. The lowest BCUT2D eigenvalue weighted by Gasteiger charge is -2.15. The summed E-state index contributed by atoms with van der Waals surface area (Å²) in [5.74, 6) is 0.295. The second kappa shape index (κ2) is 7.05. The molecule has 3 aromatic rings. The third-order valence-electron chi connectivity index (χ3n) is 4.02. The largest absolute Gasteiger partial charge is 0.349 e. The molecule has 0 fully saturated rings. The predicted molar refractivity (Wildman–Crippen MR) is 96.2 cm³/mol. The third-order valence-corrected chi connectivity index (χ3v) is 4.97. The van der Waals surface area contributed by atoms with E-state index in [-0.39, 0.29) is 11.9 Å². The average molecular weight is 340 g/mol. The van der Waals surface area contributed by atoms with E-state index in [1.165, 1.54) is 22.9 Å². The Morgan fingerprint density at radius 1 is 1.21 bits per heavy atom. The van der Waals surface area contributed by atoms with Gasteiger partial charge in [0, 0.05) is 6.20 Å². The van der Waals surface area contributed by atoms with Gasteiger partial charge in [-0.3, -0.25) is 9.20 Å². The van der Waals surface area contributed by atoms with E-state index in [1.54, 1.807) is 0 Å². The molecule has 1 aromatic carbocycles. The fourth-order valence-electron chi connectivity index (χ4n) is 2.45. The molecule has 0 saturated carbocycles. The van der Waals surface area contributed by atoms with E-state index >= 15 is 0 Å². The molecule has 124 valence electrons. The van der Waals surface area contributed by atoms with Crippen molar-refractivity contribution in [1.82, 2.24) is 19.9 Å². The number of pyridine rings is 1. The van der Waals surface area contributed by atoms with E-state index in [9.17, 15) is 4.79 Å². The summed E-state index contributed by atoms with van der Waals surface area (Å²) in [5.41, 5.74) is 4.39. The molecule has 1 N–H and O–H groups in total. The topological polar surface area (TPSA) is 59.3 Å². The van der Waals surface area contributed by atoms with Gasteiger partial charge in [-0.1, -0.05) is 36.0 Å². The molecule has 0 unspecified atom stereocenters. The number of benzene rings is 1. The molecular formula is C18H20N4OS. The van der Waals surface area contributed by atoms with Crippen LogP contribution in [0.1, 0.15) is 29.7 Å². The highest BCUT2D eigenvalue weighted by molar-refractivity contribution is 7.99. The molecule has 6 heteroatoms. The fourth-order valence-corrected chi connectivity index (χ4v) is 3.18. The minimum atomic E-state index is -0.0208. The number of hydrogen-bond acceptors (Lipinski definition) is 4. The van der Waals surface area contributed by atoms with Gasteiger partial charge in [-0.2, -0.15) is 0 Å². The number of carbonyl (C=O) groups excluding carboxylic acids is 1. The van der Waals surface area contributed by atoms with Crippen molar-refractivity contribution < 1.29 is 4.79 Å². The lowest BCUT2D eigenvalue weighted by atomic mass is 10.0. The normalized spacial score (nSPS) is 12.3. The first-order valence-corrected chi connectivity index (χ1v) is 8.82. The lowest BCUT2D eigenvalue weighted by molar-refractivity contribution is -0.119. The van der Waals surface area contributed by atoms with Crippen molar-refractivity contribution in [3.8, 4) is 0 Å². The van der Waals surface area contributed by atoms with Crippen molar-refractivity contribution >= 4 is 23.3 Å². The summed E-state index contributed by atoms with van der Waals surface area (Å²) < 4.78 is 1.88. The maximum atomic E-state index is 12.2. The number of fused-ring (bicyclic) bond motifs is 1. The van der Waals surface area contributed by atoms with E-state index in [4.69, 9.17) is 0 Å². The number of aromatic nitrogens is 3. The van der Waals surface area contributed by atoms with Gasteiger partial charge in [0.2, 0.25) is 5.91 Å². The van der Waals surface area contributed by atoms with Crippen molar-refractivity contribution in [2.75, 3.05) is 5.75 Å². The minimum Gasteiger partial charge on any atom is -0.349 e. The third kappa shape index (κ3) is 3.59. The second-order valence-electron chi connectivity index (χ2n) is 5.83. The minimum absolute atomic E-state index is 0.0154. The van der Waals surface area contributed by atoms with Crippen molar-refractivity contribution in [2.24, 2.45) is 0 Å². The van der Waals surface area contributed by atoms with Crippen molar-refractivity contribution in [1.29, 1.82) is 0 Å². The molecule has 2 heterocycles. The Balaban J connectivity index is 1.60.